The van der Waals surface area contributed by atoms with Crippen molar-refractivity contribution >= 4 is 17.7 Å². The van der Waals surface area contributed by atoms with Crippen LogP contribution in [0.4, 0.5) is 10.5 Å². The SMILES string of the molecule is CN(C)c1ccccc1C(=O)N1CCC(C2CNCCC23CCNC(=O)O3)CC1. The number of carbonyl (C=O) groups is 2. The molecule has 2 amide bonds. The highest BCUT2D eigenvalue weighted by atomic mass is 16.6. The fourth-order valence-electron chi connectivity index (χ4n) is 5.33. The molecule has 0 saturated carbocycles. The number of hydrogen-bond acceptors (Lipinski definition) is 5. The zero-order chi connectivity index (χ0) is 20.4. The number of nitrogens with one attached hydrogen (secondary N) is 2. The van der Waals surface area contributed by atoms with Crippen LogP contribution < -0.4 is 15.5 Å². The summed E-state index contributed by atoms with van der Waals surface area (Å²) >= 11 is 0. The van der Waals surface area contributed by atoms with Gasteiger partial charge >= 0.3 is 6.09 Å². The van der Waals surface area contributed by atoms with Crippen LogP contribution in [-0.2, 0) is 4.74 Å². The van der Waals surface area contributed by atoms with E-state index in [2.05, 4.69) is 10.6 Å². The first-order valence-corrected chi connectivity index (χ1v) is 10.7. The third kappa shape index (κ3) is 3.92. The van der Waals surface area contributed by atoms with Crippen LogP contribution >= 0.6 is 0 Å². The van der Waals surface area contributed by atoms with Crippen LogP contribution in [0.3, 0.4) is 0 Å². The van der Waals surface area contributed by atoms with Gasteiger partial charge in [-0.25, -0.2) is 4.79 Å². The van der Waals surface area contributed by atoms with E-state index in [-0.39, 0.29) is 17.6 Å². The number of para-hydroxylation sites is 1. The van der Waals surface area contributed by atoms with Gasteiger partial charge in [0, 0.05) is 64.7 Å². The predicted octanol–water partition coefficient (Wildman–Crippen LogP) is 2.08. The summed E-state index contributed by atoms with van der Waals surface area (Å²) in [4.78, 5) is 29.1. The number of hydrogen-bond donors (Lipinski definition) is 2. The minimum Gasteiger partial charge on any atom is -0.442 e. The van der Waals surface area contributed by atoms with E-state index < -0.39 is 0 Å². The van der Waals surface area contributed by atoms with E-state index in [1.54, 1.807) is 0 Å². The van der Waals surface area contributed by atoms with Crippen molar-refractivity contribution in [3.8, 4) is 0 Å². The molecule has 0 radical (unpaired) electrons. The Morgan fingerprint density at radius 1 is 1.17 bits per heavy atom. The van der Waals surface area contributed by atoms with E-state index in [9.17, 15) is 9.59 Å². The van der Waals surface area contributed by atoms with Gasteiger partial charge in [0.1, 0.15) is 5.60 Å². The van der Waals surface area contributed by atoms with Crippen molar-refractivity contribution in [3.63, 3.8) is 0 Å². The van der Waals surface area contributed by atoms with E-state index in [0.717, 1.165) is 63.1 Å². The molecule has 0 aromatic heterocycles. The second kappa shape index (κ2) is 8.22. The van der Waals surface area contributed by atoms with Gasteiger partial charge in [0.2, 0.25) is 0 Å². The van der Waals surface area contributed by atoms with Gasteiger partial charge in [-0.15, -0.1) is 0 Å². The first kappa shape index (κ1) is 20.0. The van der Waals surface area contributed by atoms with Gasteiger partial charge in [-0.05, 0) is 37.4 Å². The fourth-order valence-corrected chi connectivity index (χ4v) is 5.33. The lowest BCUT2D eigenvalue weighted by molar-refractivity contribution is -0.0958. The normalized spacial score (nSPS) is 28.0. The first-order valence-electron chi connectivity index (χ1n) is 10.7. The van der Waals surface area contributed by atoms with E-state index >= 15 is 0 Å². The maximum Gasteiger partial charge on any atom is 0.407 e. The minimum absolute atomic E-state index is 0.109. The first-order chi connectivity index (χ1) is 14.0. The number of likely N-dealkylation sites (tertiary alicyclic amines) is 1. The maximum absolute atomic E-state index is 13.2. The monoisotopic (exact) mass is 400 g/mol. The van der Waals surface area contributed by atoms with Crippen LogP contribution in [0, 0.1) is 11.8 Å². The molecule has 158 valence electrons. The molecule has 3 saturated heterocycles. The Balaban J connectivity index is 1.44. The standard InChI is InChI=1S/C22H32N4O3/c1-25(2)19-6-4-3-5-17(19)20(27)26-13-7-16(8-14-26)18-15-23-11-9-22(18)10-12-24-21(28)29-22/h3-6,16,18,23H,7-15H2,1-2H3,(H,24,28). The van der Waals surface area contributed by atoms with Crippen LogP contribution in [-0.4, -0.2) is 69.3 Å². The molecule has 2 N–H and O–H groups in total. The molecular weight excluding hydrogens is 368 g/mol. The lowest BCUT2D eigenvalue weighted by Crippen LogP contribution is -2.60. The van der Waals surface area contributed by atoms with Crippen LogP contribution in [0.1, 0.15) is 36.0 Å². The van der Waals surface area contributed by atoms with E-state index in [0.29, 0.717) is 18.4 Å². The molecule has 2 atom stereocenters. The van der Waals surface area contributed by atoms with E-state index in [1.807, 2.05) is 48.2 Å². The van der Waals surface area contributed by atoms with Crippen LogP contribution in [0.15, 0.2) is 24.3 Å². The highest BCUT2D eigenvalue weighted by Gasteiger charge is 2.49. The van der Waals surface area contributed by atoms with Crippen molar-refractivity contribution < 1.29 is 14.3 Å². The molecule has 2 unspecified atom stereocenters. The van der Waals surface area contributed by atoms with Gasteiger partial charge in [0.25, 0.3) is 5.91 Å². The van der Waals surface area contributed by atoms with Crippen molar-refractivity contribution in [2.45, 2.75) is 31.3 Å². The lowest BCUT2D eigenvalue weighted by atomic mass is 9.69. The van der Waals surface area contributed by atoms with Gasteiger partial charge in [-0.1, -0.05) is 12.1 Å². The molecule has 4 rings (SSSR count). The average Bonchev–Trinajstić information content (AvgIpc) is 2.73. The van der Waals surface area contributed by atoms with Gasteiger partial charge in [0.05, 0.1) is 5.56 Å². The second-order valence-electron chi connectivity index (χ2n) is 8.73. The quantitative estimate of drug-likeness (QED) is 0.813. The number of ether oxygens (including phenoxy) is 1. The Bertz CT molecular complexity index is 756. The molecule has 7 heteroatoms. The summed E-state index contributed by atoms with van der Waals surface area (Å²) < 4.78 is 5.89. The number of carbonyl (C=O) groups excluding carboxylic acids is 2. The van der Waals surface area contributed by atoms with Gasteiger partial charge in [-0.2, -0.15) is 0 Å². The Hall–Kier alpha value is -2.28. The lowest BCUT2D eigenvalue weighted by Gasteiger charge is -2.50. The molecule has 3 heterocycles. The van der Waals surface area contributed by atoms with Crippen molar-refractivity contribution in [1.82, 2.24) is 15.5 Å². The highest BCUT2D eigenvalue weighted by Crippen LogP contribution is 2.42. The second-order valence-corrected chi connectivity index (χ2v) is 8.73. The highest BCUT2D eigenvalue weighted by molar-refractivity contribution is 5.99. The largest absolute Gasteiger partial charge is 0.442 e. The summed E-state index contributed by atoms with van der Waals surface area (Å²) in [5, 5.41) is 6.29. The average molecular weight is 401 g/mol. The van der Waals surface area contributed by atoms with Crippen LogP contribution in [0.5, 0.6) is 0 Å². The predicted molar refractivity (Wildman–Crippen MR) is 112 cm³/mol. The smallest absolute Gasteiger partial charge is 0.407 e. The van der Waals surface area contributed by atoms with Crippen LogP contribution in [0.2, 0.25) is 0 Å². The number of piperidine rings is 2. The van der Waals surface area contributed by atoms with Gasteiger partial charge in [0.15, 0.2) is 0 Å². The Morgan fingerprint density at radius 3 is 2.62 bits per heavy atom. The topological polar surface area (TPSA) is 73.9 Å². The van der Waals surface area contributed by atoms with Crippen molar-refractivity contribution in [1.29, 1.82) is 0 Å². The molecule has 3 aliphatic rings. The maximum atomic E-state index is 13.2. The Morgan fingerprint density at radius 2 is 1.90 bits per heavy atom. The number of rotatable bonds is 3. The summed E-state index contributed by atoms with van der Waals surface area (Å²) in [7, 11) is 3.93. The molecule has 1 aromatic rings. The minimum atomic E-state index is -0.345. The van der Waals surface area contributed by atoms with Gasteiger partial charge < -0.3 is 25.2 Å². The number of anilines is 1. The molecule has 0 aliphatic carbocycles. The molecule has 0 bridgehead atoms. The van der Waals surface area contributed by atoms with Crippen molar-refractivity contribution in [3.05, 3.63) is 29.8 Å². The van der Waals surface area contributed by atoms with E-state index in [1.165, 1.54) is 0 Å². The summed E-state index contributed by atoms with van der Waals surface area (Å²) in [6, 6.07) is 7.80. The zero-order valence-electron chi connectivity index (χ0n) is 17.4. The summed E-state index contributed by atoms with van der Waals surface area (Å²) in [5.74, 6) is 0.882. The number of nitrogens with zero attached hydrogens (tertiary/aromatic N) is 2. The third-order valence-corrected chi connectivity index (χ3v) is 6.89. The molecule has 1 aromatic carbocycles. The molecule has 29 heavy (non-hydrogen) atoms. The van der Waals surface area contributed by atoms with Crippen LogP contribution in [0.25, 0.3) is 0 Å². The van der Waals surface area contributed by atoms with Gasteiger partial charge in [-0.3, -0.25) is 4.79 Å². The molecule has 3 aliphatic heterocycles. The molecule has 7 nitrogen and oxygen atoms in total. The summed E-state index contributed by atoms with van der Waals surface area (Å²) in [5.41, 5.74) is 1.37. The number of amides is 2. The van der Waals surface area contributed by atoms with Crippen molar-refractivity contribution in [2.75, 3.05) is 51.7 Å². The molecule has 3 fully saturated rings. The molecular formula is C22H32N4O3. The summed E-state index contributed by atoms with van der Waals surface area (Å²) in [6.45, 7) is 3.97. The fraction of sp³-hybridized carbons (Fsp3) is 0.636. The van der Waals surface area contributed by atoms with E-state index in [4.69, 9.17) is 4.74 Å². The zero-order valence-corrected chi connectivity index (χ0v) is 17.4. The molecule has 1 spiro atoms. The number of benzene rings is 1. The Kier molecular flexibility index (Phi) is 5.67. The third-order valence-electron chi connectivity index (χ3n) is 6.89. The number of alkyl carbamates (subject to hydrolysis) is 1. The van der Waals surface area contributed by atoms with Crippen molar-refractivity contribution in [2.24, 2.45) is 11.8 Å². The summed E-state index contributed by atoms with van der Waals surface area (Å²) in [6.07, 6.45) is 3.38. The Labute approximate surface area is 172 Å².